The largest absolute Gasteiger partial charge is 0.492 e. The van der Waals surface area contributed by atoms with E-state index in [0.29, 0.717) is 27.7 Å². The molecule has 1 fully saturated rings. The van der Waals surface area contributed by atoms with E-state index in [1.807, 2.05) is 0 Å². The number of amides is 1. The van der Waals surface area contributed by atoms with Crippen LogP contribution in [0.4, 0.5) is 9.39 Å². The van der Waals surface area contributed by atoms with Gasteiger partial charge in [-0.05, 0) is 46.2 Å². The van der Waals surface area contributed by atoms with Crippen molar-refractivity contribution >= 4 is 38.4 Å². The number of carbonyl (C=O) groups is 1. The van der Waals surface area contributed by atoms with Gasteiger partial charge in [0.1, 0.15) is 10.8 Å². The quantitative estimate of drug-likeness (QED) is 0.873. The molecule has 0 aliphatic heterocycles. The predicted molar refractivity (Wildman–Crippen MR) is 80.2 cm³/mol. The van der Waals surface area contributed by atoms with Crippen LogP contribution in [-0.4, -0.2) is 21.9 Å². The molecule has 2 aromatic heterocycles. The van der Waals surface area contributed by atoms with Crippen molar-refractivity contribution in [3.05, 3.63) is 34.4 Å². The van der Waals surface area contributed by atoms with Crippen LogP contribution >= 0.6 is 27.5 Å². The Morgan fingerprint density at radius 1 is 1.52 bits per heavy atom. The number of nitrogens with zero attached hydrogens (tertiary/aromatic N) is 2. The van der Waals surface area contributed by atoms with Gasteiger partial charge in [0.15, 0.2) is 11.5 Å². The molecule has 2 aromatic rings. The first-order valence-corrected chi connectivity index (χ1v) is 7.90. The van der Waals surface area contributed by atoms with Crippen molar-refractivity contribution < 1.29 is 13.9 Å². The van der Waals surface area contributed by atoms with Gasteiger partial charge in [-0.2, -0.15) is 4.37 Å². The Hall–Kier alpha value is -1.54. The first kappa shape index (κ1) is 14.4. The fraction of sp³-hybridized carbons (Fsp3) is 0.308. The Labute approximate surface area is 132 Å². The van der Waals surface area contributed by atoms with Crippen molar-refractivity contribution in [2.24, 2.45) is 5.92 Å². The number of carbonyl (C=O) groups excluding carboxylic acids is 1. The van der Waals surface area contributed by atoms with E-state index >= 15 is 0 Å². The van der Waals surface area contributed by atoms with E-state index < -0.39 is 11.7 Å². The number of pyridine rings is 1. The van der Waals surface area contributed by atoms with Crippen molar-refractivity contribution in [3.8, 4) is 5.75 Å². The van der Waals surface area contributed by atoms with Crippen LogP contribution in [0.25, 0.3) is 0 Å². The van der Waals surface area contributed by atoms with Gasteiger partial charge in [-0.3, -0.25) is 4.79 Å². The van der Waals surface area contributed by atoms with Crippen LogP contribution in [0.2, 0.25) is 0 Å². The molecule has 110 valence electrons. The van der Waals surface area contributed by atoms with Gasteiger partial charge >= 0.3 is 0 Å². The zero-order chi connectivity index (χ0) is 14.8. The van der Waals surface area contributed by atoms with E-state index in [-0.39, 0.29) is 5.69 Å². The van der Waals surface area contributed by atoms with E-state index in [0.717, 1.165) is 24.4 Å². The maximum absolute atomic E-state index is 13.9. The highest BCUT2D eigenvalue weighted by Crippen LogP contribution is 2.30. The summed E-state index contributed by atoms with van der Waals surface area (Å²) in [4.78, 5) is 15.8. The van der Waals surface area contributed by atoms with Crippen LogP contribution < -0.4 is 10.1 Å². The molecule has 0 aromatic carbocycles. The molecule has 0 radical (unpaired) electrons. The maximum atomic E-state index is 13.9. The molecule has 0 atom stereocenters. The van der Waals surface area contributed by atoms with Gasteiger partial charge in [0.2, 0.25) is 0 Å². The zero-order valence-corrected chi connectivity index (χ0v) is 13.2. The average molecular weight is 372 g/mol. The lowest BCUT2D eigenvalue weighted by molar-refractivity contribution is 0.101. The topological polar surface area (TPSA) is 64.1 Å². The van der Waals surface area contributed by atoms with Crippen molar-refractivity contribution in [2.75, 3.05) is 11.9 Å². The summed E-state index contributed by atoms with van der Waals surface area (Å²) < 4.78 is 23.9. The third-order valence-corrected chi connectivity index (χ3v) is 4.55. The lowest BCUT2D eigenvalue weighted by atomic mass is 10.3. The monoisotopic (exact) mass is 371 g/mol. The van der Waals surface area contributed by atoms with Crippen molar-refractivity contribution in [1.82, 2.24) is 9.36 Å². The van der Waals surface area contributed by atoms with Crippen LogP contribution in [0.1, 0.15) is 23.3 Å². The van der Waals surface area contributed by atoms with Crippen molar-refractivity contribution in [1.29, 1.82) is 0 Å². The minimum Gasteiger partial charge on any atom is -0.492 e. The highest BCUT2D eigenvalue weighted by Gasteiger charge is 2.22. The van der Waals surface area contributed by atoms with E-state index in [1.54, 1.807) is 6.20 Å². The number of hydrogen-bond donors (Lipinski definition) is 1. The second kappa shape index (κ2) is 6.07. The van der Waals surface area contributed by atoms with Gasteiger partial charge in [-0.15, -0.1) is 0 Å². The van der Waals surface area contributed by atoms with Gasteiger partial charge in [0.05, 0.1) is 23.5 Å². The number of hydrogen-bond acceptors (Lipinski definition) is 5. The zero-order valence-electron chi connectivity index (χ0n) is 10.8. The lowest BCUT2D eigenvalue weighted by Crippen LogP contribution is -2.15. The normalized spacial score (nSPS) is 14.0. The van der Waals surface area contributed by atoms with E-state index in [4.69, 9.17) is 4.74 Å². The highest BCUT2D eigenvalue weighted by molar-refractivity contribution is 9.10. The minimum absolute atomic E-state index is 0.269. The average Bonchev–Trinajstić information content (AvgIpc) is 3.20. The van der Waals surface area contributed by atoms with Gasteiger partial charge in [0, 0.05) is 6.07 Å². The molecule has 0 spiro atoms. The Morgan fingerprint density at radius 3 is 2.95 bits per heavy atom. The van der Waals surface area contributed by atoms with Gasteiger partial charge in [0.25, 0.3) is 5.91 Å². The third-order valence-electron chi connectivity index (χ3n) is 2.97. The van der Waals surface area contributed by atoms with Gasteiger partial charge in [-0.25, -0.2) is 9.37 Å². The molecule has 3 rings (SSSR count). The summed E-state index contributed by atoms with van der Waals surface area (Å²) in [5, 5.41) is 3.06. The molecule has 1 aliphatic rings. The standard InChI is InChI=1S/C13H11BrFN3O2S/c14-9-5-17-21-13(9)18-12(19)11-10(15)3-8(4-16-11)20-6-7-1-2-7/h3-5,7H,1-2,6H2,(H,18,19). The highest BCUT2D eigenvalue weighted by atomic mass is 79.9. The Bertz CT molecular complexity index is 675. The first-order chi connectivity index (χ1) is 10.1. The number of rotatable bonds is 5. The fourth-order valence-corrected chi connectivity index (χ4v) is 2.73. The molecule has 0 saturated heterocycles. The van der Waals surface area contributed by atoms with Crippen LogP contribution in [0.5, 0.6) is 5.75 Å². The molecule has 8 heteroatoms. The molecular weight excluding hydrogens is 361 g/mol. The summed E-state index contributed by atoms with van der Waals surface area (Å²) in [5.74, 6) is -0.415. The second-order valence-corrected chi connectivity index (χ2v) is 6.37. The summed E-state index contributed by atoms with van der Waals surface area (Å²) in [7, 11) is 0. The summed E-state index contributed by atoms with van der Waals surface area (Å²) in [6.45, 7) is 0.570. The van der Waals surface area contributed by atoms with Crippen LogP contribution in [0.3, 0.4) is 0 Å². The second-order valence-electron chi connectivity index (χ2n) is 4.71. The summed E-state index contributed by atoms with van der Waals surface area (Å²) in [6, 6.07) is 1.19. The molecule has 5 nitrogen and oxygen atoms in total. The molecule has 1 saturated carbocycles. The van der Waals surface area contributed by atoms with Crippen LogP contribution in [-0.2, 0) is 0 Å². The number of aromatic nitrogens is 2. The maximum Gasteiger partial charge on any atom is 0.277 e. The lowest BCUT2D eigenvalue weighted by Gasteiger charge is -2.07. The van der Waals surface area contributed by atoms with Crippen LogP contribution in [0, 0.1) is 11.7 Å². The number of ether oxygens (including phenoxy) is 1. The SMILES string of the molecule is O=C(Nc1sncc1Br)c1ncc(OCC2CC2)cc1F. The van der Waals surface area contributed by atoms with Gasteiger partial charge in [-0.1, -0.05) is 0 Å². The van der Waals surface area contributed by atoms with Gasteiger partial charge < -0.3 is 10.1 Å². The third kappa shape index (κ3) is 3.56. The Balaban J connectivity index is 1.69. The van der Waals surface area contributed by atoms with Crippen molar-refractivity contribution in [2.45, 2.75) is 12.8 Å². The molecule has 1 amide bonds. The molecular formula is C13H11BrFN3O2S. The van der Waals surface area contributed by atoms with Crippen LogP contribution in [0.15, 0.2) is 22.9 Å². The van der Waals surface area contributed by atoms with E-state index in [1.165, 1.54) is 12.3 Å². The molecule has 0 unspecified atom stereocenters. The molecule has 21 heavy (non-hydrogen) atoms. The Kier molecular flexibility index (Phi) is 4.16. The smallest absolute Gasteiger partial charge is 0.277 e. The molecule has 2 heterocycles. The predicted octanol–water partition coefficient (Wildman–Crippen LogP) is 3.48. The number of nitrogens with one attached hydrogen (secondary N) is 1. The van der Waals surface area contributed by atoms with E-state index in [2.05, 4.69) is 30.6 Å². The number of halogens is 2. The molecule has 1 N–H and O–H groups in total. The summed E-state index contributed by atoms with van der Waals surface area (Å²) >= 11 is 4.33. The summed E-state index contributed by atoms with van der Waals surface area (Å²) in [5.41, 5.74) is -0.269. The number of anilines is 1. The Morgan fingerprint density at radius 2 is 2.33 bits per heavy atom. The fourth-order valence-electron chi connectivity index (χ4n) is 1.64. The molecule has 0 bridgehead atoms. The minimum atomic E-state index is -0.707. The van der Waals surface area contributed by atoms with E-state index in [9.17, 15) is 9.18 Å². The first-order valence-electron chi connectivity index (χ1n) is 6.33. The summed E-state index contributed by atoms with van der Waals surface area (Å²) in [6.07, 6.45) is 5.22. The molecule has 1 aliphatic carbocycles. The van der Waals surface area contributed by atoms with Crippen molar-refractivity contribution in [3.63, 3.8) is 0 Å².